The average molecular weight is 351 g/mol. The number of pyridine rings is 1. The molecule has 3 rings (SSSR count). The van der Waals surface area contributed by atoms with Crippen molar-refractivity contribution in [3.05, 3.63) is 41.6 Å². The molecule has 0 amide bonds. The monoisotopic (exact) mass is 351 g/mol. The van der Waals surface area contributed by atoms with Crippen LogP contribution in [-0.2, 0) is 6.42 Å². The lowest BCUT2D eigenvalue weighted by molar-refractivity contribution is 0.415. The molecule has 6 heteroatoms. The number of nitrogen functional groups attached to an aromatic ring is 1. The van der Waals surface area contributed by atoms with Crippen molar-refractivity contribution >= 4 is 22.8 Å². The zero-order chi connectivity index (χ0) is 18.9. The van der Waals surface area contributed by atoms with Crippen molar-refractivity contribution in [2.45, 2.75) is 40.5 Å². The summed E-state index contributed by atoms with van der Waals surface area (Å²) in [4.78, 5) is 18.2. The Hall–Kier alpha value is -2.76. The summed E-state index contributed by atoms with van der Waals surface area (Å²) in [7, 11) is 1.59. The minimum atomic E-state index is -0.0288. The normalized spacial score (nSPS) is 14.6. The number of allylic oxidation sites excluding steroid dienone is 1. The lowest BCUT2D eigenvalue weighted by Gasteiger charge is -2.18. The molecule has 2 N–H and O–H groups in total. The fourth-order valence-corrected chi connectivity index (χ4v) is 2.86. The van der Waals surface area contributed by atoms with Crippen LogP contribution in [0.2, 0.25) is 0 Å². The maximum atomic E-state index is 5.87. The molecule has 0 unspecified atom stereocenters. The second-order valence-electron chi connectivity index (χ2n) is 7.34. The molecule has 1 aliphatic rings. The van der Waals surface area contributed by atoms with Crippen LogP contribution in [0.25, 0.3) is 11.3 Å². The Morgan fingerprint density at radius 1 is 1.23 bits per heavy atom. The van der Waals surface area contributed by atoms with Gasteiger partial charge in [-0.3, -0.25) is 4.99 Å². The van der Waals surface area contributed by atoms with E-state index in [1.165, 1.54) is 0 Å². The molecule has 0 radical (unpaired) electrons. The largest absolute Gasteiger partial charge is 0.493 e. The number of hydrogen-bond donors (Lipinski definition) is 1. The molecule has 0 spiro atoms. The third-order valence-corrected chi connectivity index (χ3v) is 4.45. The minimum Gasteiger partial charge on any atom is -0.493 e. The topological polar surface area (TPSA) is 86.3 Å². The van der Waals surface area contributed by atoms with Gasteiger partial charge < -0.3 is 10.5 Å². The van der Waals surface area contributed by atoms with Crippen molar-refractivity contribution in [1.29, 1.82) is 0 Å². The predicted octanol–water partition coefficient (Wildman–Crippen LogP) is 3.78. The molecule has 1 aliphatic heterocycles. The van der Waals surface area contributed by atoms with Crippen LogP contribution < -0.4 is 10.5 Å². The third-order valence-electron chi connectivity index (χ3n) is 4.45. The molecule has 2 aromatic heterocycles. The van der Waals surface area contributed by atoms with Crippen LogP contribution >= 0.6 is 0 Å². The molecular formula is C20H25N5O. The second kappa shape index (κ2) is 6.86. The van der Waals surface area contributed by atoms with Crippen molar-refractivity contribution in [3.8, 4) is 5.75 Å². The molecule has 3 heterocycles. The SMILES string of the molecule is CCc1nccc(C2=C(c3cnc(N)c(OC)c3)N=C(C(C)(C)C)C2)n1. The highest BCUT2D eigenvalue weighted by Crippen LogP contribution is 2.40. The van der Waals surface area contributed by atoms with Gasteiger partial charge in [0, 0.05) is 47.5 Å². The highest BCUT2D eigenvalue weighted by atomic mass is 16.5. The quantitative estimate of drug-likeness (QED) is 0.906. The average Bonchev–Trinajstić information content (AvgIpc) is 3.08. The number of nitrogens with two attached hydrogens (primary N) is 1. The highest BCUT2D eigenvalue weighted by Gasteiger charge is 2.29. The molecule has 0 fully saturated rings. The van der Waals surface area contributed by atoms with Crippen LogP contribution in [0.15, 0.2) is 29.5 Å². The van der Waals surface area contributed by atoms with E-state index in [0.29, 0.717) is 11.6 Å². The van der Waals surface area contributed by atoms with Gasteiger partial charge in [0.05, 0.1) is 18.5 Å². The fourth-order valence-electron chi connectivity index (χ4n) is 2.86. The molecule has 0 aliphatic carbocycles. The first kappa shape index (κ1) is 18.0. The zero-order valence-corrected chi connectivity index (χ0v) is 16.0. The van der Waals surface area contributed by atoms with Crippen molar-refractivity contribution in [2.24, 2.45) is 10.4 Å². The Bertz CT molecular complexity index is 893. The van der Waals surface area contributed by atoms with E-state index in [-0.39, 0.29) is 5.41 Å². The first-order chi connectivity index (χ1) is 12.3. The van der Waals surface area contributed by atoms with Gasteiger partial charge in [-0.25, -0.2) is 15.0 Å². The number of methoxy groups -OCH3 is 1. The van der Waals surface area contributed by atoms with Gasteiger partial charge >= 0.3 is 0 Å². The smallest absolute Gasteiger partial charge is 0.166 e. The minimum absolute atomic E-state index is 0.0288. The molecule has 0 bridgehead atoms. The van der Waals surface area contributed by atoms with Gasteiger partial charge in [-0.2, -0.15) is 0 Å². The number of anilines is 1. The molecule has 2 aromatic rings. The summed E-state index contributed by atoms with van der Waals surface area (Å²) in [6.07, 6.45) is 5.10. The fraction of sp³-hybridized carbons (Fsp3) is 0.400. The van der Waals surface area contributed by atoms with Crippen LogP contribution in [0.1, 0.15) is 51.2 Å². The van der Waals surface area contributed by atoms with E-state index in [1.54, 1.807) is 13.3 Å². The first-order valence-corrected chi connectivity index (χ1v) is 8.76. The first-order valence-electron chi connectivity index (χ1n) is 8.76. The van der Waals surface area contributed by atoms with Gasteiger partial charge in [0.25, 0.3) is 0 Å². The summed E-state index contributed by atoms with van der Waals surface area (Å²) >= 11 is 0. The van der Waals surface area contributed by atoms with Crippen molar-refractivity contribution in [3.63, 3.8) is 0 Å². The number of aliphatic imine (C=N–C) groups is 1. The Labute approximate surface area is 154 Å². The second-order valence-corrected chi connectivity index (χ2v) is 7.34. The Morgan fingerprint density at radius 2 is 2.00 bits per heavy atom. The van der Waals surface area contributed by atoms with Gasteiger partial charge in [0.2, 0.25) is 0 Å². The van der Waals surface area contributed by atoms with Gasteiger partial charge in [0.15, 0.2) is 11.6 Å². The van der Waals surface area contributed by atoms with E-state index in [0.717, 1.165) is 46.9 Å². The van der Waals surface area contributed by atoms with Crippen molar-refractivity contribution in [1.82, 2.24) is 15.0 Å². The summed E-state index contributed by atoms with van der Waals surface area (Å²) in [6.45, 7) is 8.57. The molecule has 6 nitrogen and oxygen atoms in total. The van der Waals surface area contributed by atoms with Gasteiger partial charge in [0.1, 0.15) is 5.82 Å². The summed E-state index contributed by atoms with van der Waals surface area (Å²) in [5.41, 5.74) is 10.7. The number of aromatic nitrogens is 3. The van der Waals surface area contributed by atoms with E-state index in [2.05, 4.69) is 37.7 Å². The summed E-state index contributed by atoms with van der Waals surface area (Å²) in [6, 6.07) is 3.83. The number of ether oxygens (including phenoxy) is 1. The maximum Gasteiger partial charge on any atom is 0.166 e. The molecular weight excluding hydrogens is 326 g/mol. The molecule has 0 aromatic carbocycles. The molecule has 136 valence electrons. The Balaban J connectivity index is 2.16. The van der Waals surface area contributed by atoms with E-state index in [9.17, 15) is 0 Å². The van der Waals surface area contributed by atoms with Crippen LogP contribution in [0.4, 0.5) is 5.82 Å². The van der Waals surface area contributed by atoms with Crippen molar-refractivity contribution in [2.75, 3.05) is 12.8 Å². The summed E-state index contributed by atoms with van der Waals surface area (Å²) in [5.74, 6) is 1.74. The Morgan fingerprint density at radius 3 is 2.65 bits per heavy atom. The summed E-state index contributed by atoms with van der Waals surface area (Å²) in [5, 5.41) is 0. The molecule has 0 saturated carbocycles. The van der Waals surface area contributed by atoms with Crippen LogP contribution in [0, 0.1) is 5.41 Å². The van der Waals surface area contributed by atoms with E-state index >= 15 is 0 Å². The zero-order valence-electron chi connectivity index (χ0n) is 16.0. The van der Waals surface area contributed by atoms with Crippen LogP contribution in [-0.4, -0.2) is 27.8 Å². The van der Waals surface area contributed by atoms with E-state index in [1.807, 2.05) is 18.3 Å². The van der Waals surface area contributed by atoms with Crippen LogP contribution in [0.3, 0.4) is 0 Å². The Kier molecular flexibility index (Phi) is 4.76. The number of rotatable bonds is 4. The lowest BCUT2D eigenvalue weighted by Crippen LogP contribution is -2.18. The maximum absolute atomic E-state index is 5.87. The van der Waals surface area contributed by atoms with E-state index in [4.69, 9.17) is 20.4 Å². The van der Waals surface area contributed by atoms with Crippen LogP contribution in [0.5, 0.6) is 5.75 Å². The lowest BCUT2D eigenvalue weighted by atomic mass is 9.86. The standard InChI is InChI=1S/C20H25N5O/c1-6-17-22-8-7-14(24-17)13-10-16(20(2,3)4)25-18(13)12-9-15(26-5)19(21)23-11-12/h7-9,11H,6,10H2,1-5H3,(H2,21,23). The number of aryl methyl sites for hydroxylation is 1. The third kappa shape index (κ3) is 3.45. The molecule has 26 heavy (non-hydrogen) atoms. The number of hydrogen-bond acceptors (Lipinski definition) is 6. The van der Waals surface area contributed by atoms with Gasteiger partial charge in [-0.15, -0.1) is 0 Å². The van der Waals surface area contributed by atoms with Gasteiger partial charge in [-0.05, 0) is 12.1 Å². The highest BCUT2D eigenvalue weighted by molar-refractivity contribution is 6.11. The van der Waals surface area contributed by atoms with Gasteiger partial charge in [-0.1, -0.05) is 27.7 Å². The predicted molar refractivity (Wildman–Crippen MR) is 105 cm³/mol. The molecule has 0 atom stereocenters. The molecule has 0 saturated heterocycles. The van der Waals surface area contributed by atoms with E-state index < -0.39 is 0 Å². The summed E-state index contributed by atoms with van der Waals surface area (Å²) < 4.78 is 5.33. The van der Waals surface area contributed by atoms with Crippen molar-refractivity contribution < 1.29 is 4.74 Å². The number of nitrogens with zero attached hydrogens (tertiary/aromatic N) is 4.